The van der Waals surface area contributed by atoms with Gasteiger partial charge in [0, 0.05) is 11.7 Å². The number of hydrogen-bond acceptors (Lipinski definition) is 4. The predicted octanol–water partition coefficient (Wildman–Crippen LogP) is 4.85. The van der Waals surface area contributed by atoms with E-state index in [1.165, 1.54) is 0 Å². The minimum absolute atomic E-state index is 0.0308. The Labute approximate surface area is 161 Å². The van der Waals surface area contributed by atoms with Gasteiger partial charge in [0.05, 0.1) is 18.8 Å². The van der Waals surface area contributed by atoms with Crippen molar-refractivity contribution in [1.29, 1.82) is 0 Å². The van der Waals surface area contributed by atoms with Crippen LogP contribution in [0, 0.1) is 0 Å². The fourth-order valence-corrected chi connectivity index (χ4v) is 3.30. The van der Waals surface area contributed by atoms with Gasteiger partial charge in [0.25, 0.3) is 5.91 Å². The first-order valence-corrected chi connectivity index (χ1v) is 9.49. The Balaban J connectivity index is 2.00. The van der Waals surface area contributed by atoms with Crippen LogP contribution in [0.4, 0.5) is 5.69 Å². The van der Waals surface area contributed by atoms with E-state index in [1.54, 1.807) is 7.11 Å². The van der Waals surface area contributed by atoms with E-state index in [0.717, 1.165) is 17.7 Å². The summed E-state index contributed by atoms with van der Waals surface area (Å²) in [5, 5.41) is 3.51. The van der Waals surface area contributed by atoms with E-state index >= 15 is 0 Å². The third-order valence-electron chi connectivity index (χ3n) is 4.93. The number of anilines is 1. The molecule has 144 valence electrons. The molecule has 0 saturated heterocycles. The van der Waals surface area contributed by atoms with Gasteiger partial charge < -0.3 is 19.7 Å². The average molecular weight is 368 g/mol. The Bertz CT molecular complexity index is 819. The third-order valence-corrected chi connectivity index (χ3v) is 4.93. The van der Waals surface area contributed by atoms with Crippen molar-refractivity contribution in [3.05, 3.63) is 53.6 Å². The molecule has 0 fully saturated rings. The topological polar surface area (TPSA) is 50.8 Å². The van der Waals surface area contributed by atoms with Crippen molar-refractivity contribution in [2.75, 3.05) is 12.4 Å². The predicted molar refractivity (Wildman–Crippen MR) is 107 cm³/mol. The van der Waals surface area contributed by atoms with Gasteiger partial charge in [-0.3, -0.25) is 4.79 Å². The molecule has 0 aromatic heterocycles. The number of amides is 1. The molecule has 5 nitrogen and oxygen atoms in total. The molecule has 2 unspecified atom stereocenters. The lowest BCUT2D eigenvalue weighted by atomic mass is 10.0. The van der Waals surface area contributed by atoms with E-state index in [1.807, 2.05) is 68.1 Å². The number of nitrogens with one attached hydrogen (secondary N) is 1. The number of carbonyl (C=O) groups excluding carboxylic acids is 1. The van der Waals surface area contributed by atoms with E-state index in [0.29, 0.717) is 17.1 Å². The molecule has 5 heteroatoms. The Kier molecular flexibility index (Phi) is 5.59. The van der Waals surface area contributed by atoms with Crippen LogP contribution >= 0.6 is 0 Å². The molecule has 1 aliphatic heterocycles. The Morgan fingerprint density at radius 2 is 1.85 bits per heavy atom. The second-order valence-corrected chi connectivity index (χ2v) is 7.15. The molecule has 0 spiro atoms. The van der Waals surface area contributed by atoms with Gasteiger partial charge in [0.2, 0.25) is 0 Å². The van der Waals surface area contributed by atoms with Gasteiger partial charge in [-0.05, 0) is 57.0 Å². The van der Waals surface area contributed by atoms with Gasteiger partial charge in [-0.2, -0.15) is 0 Å². The summed E-state index contributed by atoms with van der Waals surface area (Å²) in [6, 6.07) is 13.5. The molecule has 2 aromatic rings. The first-order valence-electron chi connectivity index (χ1n) is 9.49. The molecule has 3 rings (SSSR count). The second-order valence-electron chi connectivity index (χ2n) is 7.15. The fraction of sp³-hybridized carbons (Fsp3) is 0.409. The van der Waals surface area contributed by atoms with Gasteiger partial charge in [0.1, 0.15) is 6.17 Å². The standard InChI is InChI=1S/C22H28N2O3/c1-6-15(4)27-19-12-11-16(13-20(19)26-5)21-23-18-10-8-7-9-17(18)22(25)24(21)14(2)3/h7-15,21,23H,6H2,1-5H3. The SMILES string of the molecule is CCC(C)Oc1ccc(C2Nc3ccccc3C(=O)N2C(C)C)cc1OC. The monoisotopic (exact) mass is 368 g/mol. The van der Waals surface area contributed by atoms with Crippen molar-refractivity contribution in [3.63, 3.8) is 0 Å². The van der Waals surface area contributed by atoms with E-state index in [2.05, 4.69) is 12.2 Å². The van der Waals surface area contributed by atoms with Crippen LogP contribution in [0.15, 0.2) is 42.5 Å². The van der Waals surface area contributed by atoms with Gasteiger partial charge in [-0.15, -0.1) is 0 Å². The van der Waals surface area contributed by atoms with Crippen molar-refractivity contribution < 1.29 is 14.3 Å². The highest BCUT2D eigenvalue weighted by atomic mass is 16.5. The summed E-state index contributed by atoms with van der Waals surface area (Å²) in [5.74, 6) is 1.42. The number of methoxy groups -OCH3 is 1. The van der Waals surface area contributed by atoms with Gasteiger partial charge in [-0.1, -0.05) is 25.1 Å². The maximum absolute atomic E-state index is 13.1. The number of para-hydroxylation sites is 1. The summed E-state index contributed by atoms with van der Waals surface area (Å²) < 4.78 is 11.5. The summed E-state index contributed by atoms with van der Waals surface area (Å²) in [4.78, 5) is 14.9. The Morgan fingerprint density at radius 1 is 1.11 bits per heavy atom. The van der Waals surface area contributed by atoms with Gasteiger partial charge >= 0.3 is 0 Å². The van der Waals surface area contributed by atoms with Gasteiger partial charge in [0.15, 0.2) is 11.5 Å². The van der Waals surface area contributed by atoms with Crippen molar-refractivity contribution >= 4 is 11.6 Å². The summed E-state index contributed by atoms with van der Waals surface area (Å²) in [5.41, 5.74) is 2.51. The van der Waals surface area contributed by atoms with Crippen LogP contribution < -0.4 is 14.8 Å². The van der Waals surface area contributed by atoms with Crippen LogP contribution in [-0.2, 0) is 0 Å². The average Bonchev–Trinajstić information content (AvgIpc) is 2.67. The Hall–Kier alpha value is -2.69. The van der Waals surface area contributed by atoms with Crippen molar-refractivity contribution in [2.24, 2.45) is 0 Å². The van der Waals surface area contributed by atoms with Crippen LogP contribution in [0.25, 0.3) is 0 Å². The lowest BCUT2D eigenvalue weighted by Gasteiger charge is -2.40. The zero-order valence-electron chi connectivity index (χ0n) is 16.7. The van der Waals surface area contributed by atoms with Gasteiger partial charge in [-0.25, -0.2) is 0 Å². The van der Waals surface area contributed by atoms with Crippen LogP contribution in [0.5, 0.6) is 11.5 Å². The number of benzene rings is 2. The second kappa shape index (κ2) is 7.91. The highest BCUT2D eigenvalue weighted by molar-refractivity contribution is 6.01. The quantitative estimate of drug-likeness (QED) is 0.792. The fourth-order valence-electron chi connectivity index (χ4n) is 3.30. The number of hydrogen-bond donors (Lipinski definition) is 1. The molecule has 1 aliphatic rings. The molecule has 0 bridgehead atoms. The van der Waals surface area contributed by atoms with Crippen molar-refractivity contribution in [3.8, 4) is 11.5 Å². The number of rotatable bonds is 6. The molecule has 2 atom stereocenters. The molecule has 27 heavy (non-hydrogen) atoms. The summed E-state index contributed by atoms with van der Waals surface area (Å²) in [6.45, 7) is 8.17. The van der Waals surface area contributed by atoms with E-state index < -0.39 is 0 Å². The molecule has 1 amide bonds. The van der Waals surface area contributed by atoms with Crippen molar-refractivity contribution in [2.45, 2.75) is 52.4 Å². The lowest BCUT2D eigenvalue weighted by molar-refractivity contribution is 0.0616. The molecular weight excluding hydrogens is 340 g/mol. The summed E-state index contributed by atoms with van der Waals surface area (Å²) in [7, 11) is 1.64. The first-order chi connectivity index (χ1) is 13.0. The number of carbonyl (C=O) groups is 1. The van der Waals surface area contributed by atoms with Crippen LogP contribution in [-0.4, -0.2) is 30.1 Å². The largest absolute Gasteiger partial charge is 0.493 e. The maximum atomic E-state index is 13.1. The molecule has 1 N–H and O–H groups in total. The number of fused-ring (bicyclic) bond motifs is 1. The third kappa shape index (κ3) is 3.72. The molecule has 0 aliphatic carbocycles. The van der Waals surface area contributed by atoms with Crippen LogP contribution in [0.3, 0.4) is 0 Å². The van der Waals surface area contributed by atoms with Crippen molar-refractivity contribution in [1.82, 2.24) is 4.90 Å². The minimum atomic E-state index is -0.265. The highest BCUT2D eigenvalue weighted by Gasteiger charge is 2.34. The smallest absolute Gasteiger partial charge is 0.258 e. The van der Waals surface area contributed by atoms with E-state index in [9.17, 15) is 4.79 Å². The van der Waals surface area contributed by atoms with Crippen LogP contribution in [0.1, 0.15) is 56.2 Å². The normalized spacial score (nSPS) is 17.3. The highest BCUT2D eigenvalue weighted by Crippen LogP contribution is 2.38. The van der Waals surface area contributed by atoms with E-state index in [4.69, 9.17) is 9.47 Å². The molecule has 0 saturated carbocycles. The minimum Gasteiger partial charge on any atom is -0.493 e. The van der Waals surface area contributed by atoms with E-state index in [-0.39, 0.29) is 24.2 Å². The molecular formula is C22H28N2O3. The number of nitrogens with zero attached hydrogens (tertiary/aromatic N) is 1. The zero-order chi connectivity index (χ0) is 19.6. The maximum Gasteiger partial charge on any atom is 0.258 e. The first kappa shape index (κ1) is 19.1. The Morgan fingerprint density at radius 3 is 2.52 bits per heavy atom. The molecule has 2 aromatic carbocycles. The molecule has 1 heterocycles. The summed E-state index contributed by atoms with van der Waals surface area (Å²) in [6.07, 6.45) is 0.763. The summed E-state index contributed by atoms with van der Waals surface area (Å²) >= 11 is 0. The van der Waals surface area contributed by atoms with Crippen LogP contribution in [0.2, 0.25) is 0 Å². The number of ether oxygens (including phenoxy) is 2. The molecule has 0 radical (unpaired) electrons. The zero-order valence-corrected chi connectivity index (χ0v) is 16.7. The lowest BCUT2D eigenvalue weighted by Crippen LogP contribution is -2.46.